The number of fused-ring (bicyclic) bond motifs is 3. The molecule has 0 aliphatic carbocycles. The number of non-ortho nitro benzene ring substituents is 1. The minimum atomic E-state index is -0.465. The van der Waals surface area contributed by atoms with Crippen LogP contribution in [0.1, 0.15) is 27.0 Å². The fraction of sp³-hybridized carbons (Fsp3) is 0.160. The molecule has 0 spiro atoms. The summed E-state index contributed by atoms with van der Waals surface area (Å²) in [6, 6.07) is 17.3. The molecule has 0 fully saturated rings. The number of Topliss-reactive ketones (excluding diaryl/α,β-unsaturated/α-hetero) is 1. The number of benzene rings is 3. The Morgan fingerprint density at radius 3 is 2.67 bits per heavy atom. The highest BCUT2D eigenvalue weighted by atomic mass is 16.6. The Morgan fingerprint density at radius 1 is 1.12 bits per heavy atom. The van der Waals surface area contributed by atoms with Crippen molar-refractivity contribution in [3.8, 4) is 17.2 Å². The first-order valence-electron chi connectivity index (χ1n) is 10.3. The summed E-state index contributed by atoms with van der Waals surface area (Å²) in [6.07, 6.45) is 1.59. The van der Waals surface area contributed by atoms with E-state index in [1.807, 2.05) is 24.3 Å². The lowest BCUT2D eigenvalue weighted by molar-refractivity contribution is -0.384. The fourth-order valence-electron chi connectivity index (χ4n) is 4.02. The molecule has 166 valence electrons. The molecule has 33 heavy (non-hydrogen) atoms. The number of rotatable bonds is 5. The highest BCUT2D eigenvalue weighted by Crippen LogP contribution is 2.42. The van der Waals surface area contributed by atoms with Gasteiger partial charge in [-0.1, -0.05) is 18.2 Å². The van der Waals surface area contributed by atoms with Crippen LogP contribution in [-0.2, 0) is 13.1 Å². The van der Waals surface area contributed by atoms with Crippen LogP contribution in [0.3, 0.4) is 0 Å². The number of allylic oxidation sites excluding steroid dienone is 1. The summed E-state index contributed by atoms with van der Waals surface area (Å²) in [6.45, 7) is 1.57. The van der Waals surface area contributed by atoms with E-state index in [9.17, 15) is 14.9 Å². The van der Waals surface area contributed by atoms with Crippen LogP contribution >= 0.6 is 0 Å². The molecule has 0 saturated carbocycles. The van der Waals surface area contributed by atoms with Crippen molar-refractivity contribution < 1.29 is 23.9 Å². The second kappa shape index (κ2) is 8.40. The number of nitrogens with zero attached hydrogens (tertiary/aromatic N) is 2. The Kier molecular flexibility index (Phi) is 5.27. The summed E-state index contributed by atoms with van der Waals surface area (Å²) in [7, 11) is 1.64. The van der Waals surface area contributed by atoms with E-state index in [2.05, 4.69) is 4.90 Å². The molecule has 0 unspecified atom stereocenters. The maximum atomic E-state index is 12.9. The van der Waals surface area contributed by atoms with E-state index in [-0.39, 0.29) is 17.2 Å². The third-order valence-electron chi connectivity index (χ3n) is 5.67. The number of hydrogen-bond acceptors (Lipinski definition) is 7. The minimum absolute atomic E-state index is 0.0135. The third kappa shape index (κ3) is 3.92. The molecule has 0 aromatic heterocycles. The predicted octanol–water partition coefficient (Wildman–Crippen LogP) is 4.57. The van der Waals surface area contributed by atoms with Crippen molar-refractivity contribution >= 4 is 17.5 Å². The highest BCUT2D eigenvalue weighted by molar-refractivity contribution is 6.15. The zero-order valence-corrected chi connectivity index (χ0v) is 17.8. The quantitative estimate of drug-likeness (QED) is 0.323. The SMILES string of the molecule is COc1ccccc1CN1COc2ccc3c(c2C1)O/C(=C\c1ccc([N+](=O)[O-])cc1)C3=O. The van der Waals surface area contributed by atoms with Gasteiger partial charge in [-0.15, -0.1) is 0 Å². The molecule has 2 aliphatic heterocycles. The normalized spacial score (nSPS) is 16.0. The number of carbonyl (C=O) groups excluding carboxylic acids is 1. The molecule has 0 bridgehead atoms. The molecule has 3 aromatic carbocycles. The van der Waals surface area contributed by atoms with Gasteiger partial charge in [0.2, 0.25) is 5.78 Å². The molecule has 2 heterocycles. The maximum Gasteiger partial charge on any atom is 0.269 e. The topological polar surface area (TPSA) is 91.1 Å². The Bertz CT molecular complexity index is 1280. The van der Waals surface area contributed by atoms with Gasteiger partial charge in [0.1, 0.15) is 24.0 Å². The van der Waals surface area contributed by atoms with E-state index in [0.717, 1.165) is 16.9 Å². The number of ether oxygens (including phenoxy) is 3. The van der Waals surface area contributed by atoms with Crippen LogP contribution in [0.15, 0.2) is 66.4 Å². The molecule has 3 aromatic rings. The first-order chi connectivity index (χ1) is 16.0. The van der Waals surface area contributed by atoms with E-state index < -0.39 is 4.92 Å². The second-order valence-electron chi connectivity index (χ2n) is 7.78. The first kappa shape index (κ1) is 20.7. The van der Waals surface area contributed by atoms with Crippen molar-refractivity contribution in [1.82, 2.24) is 4.90 Å². The van der Waals surface area contributed by atoms with Gasteiger partial charge >= 0.3 is 0 Å². The van der Waals surface area contributed by atoms with E-state index in [1.165, 1.54) is 12.1 Å². The van der Waals surface area contributed by atoms with E-state index in [4.69, 9.17) is 14.2 Å². The monoisotopic (exact) mass is 444 g/mol. The van der Waals surface area contributed by atoms with Gasteiger partial charge in [-0.05, 0) is 42.0 Å². The Morgan fingerprint density at radius 2 is 1.91 bits per heavy atom. The number of para-hydroxylation sites is 1. The van der Waals surface area contributed by atoms with E-state index in [0.29, 0.717) is 42.4 Å². The molecule has 0 saturated heterocycles. The highest BCUT2D eigenvalue weighted by Gasteiger charge is 2.33. The molecular weight excluding hydrogens is 424 g/mol. The van der Waals surface area contributed by atoms with E-state index in [1.54, 1.807) is 37.5 Å². The zero-order chi connectivity index (χ0) is 22.9. The standard InChI is InChI=1S/C25H20N2O6/c1-31-21-5-3-2-4-17(21)13-26-14-20-22(32-15-26)11-10-19-24(28)23(33-25(19)20)12-16-6-8-18(9-7-16)27(29)30/h2-12H,13-15H2,1H3/b23-12-. The molecule has 0 N–H and O–H groups in total. The van der Waals surface area contributed by atoms with Gasteiger partial charge in [-0.2, -0.15) is 0 Å². The smallest absolute Gasteiger partial charge is 0.269 e. The molecule has 0 atom stereocenters. The van der Waals surface area contributed by atoms with Crippen LogP contribution in [0.25, 0.3) is 6.08 Å². The van der Waals surface area contributed by atoms with Crippen LogP contribution in [0.2, 0.25) is 0 Å². The van der Waals surface area contributed by atoms with Gasteiger partial charge in [0.15, 0.2) is 5.76 Å². The summed E-state index contributed by atoms with van der Waals surface area (Å²) in [5, 5.41) is 10.9. The van der Waals surface area contributed by atoms with Crippen molar-refractivity contribution in [2.24, 2.45) is 0 Å². The predicted molar refractivity (Wildman–Crippen MR) is 120 cm³/mol. The summed E-state index contributed by atoms with van der Waals surface area (Å²) in [5.74, 6) is 1.94. The lowest BCUT2D eigenvalue weighted by Crippen LogP contribution is -2.31. The number of ketones is 1. The third-order valence-corrected chi connectivity index (χ3v) is 5.67. The van der Waals surface area contributed by atoms with Gasteiger partial charge in [0.05, 0.1) is 23.2 Å². The van der Waals surface area contributed by atoms with Crippen molar-refractivity contribution in [2.45, 2.75) is 13.1 Å². The van der Waals surface area contributed by atoms with Crippen LogP contribution < -0.4 is 14.2 Å². The Labute approximate surface area is 189 Å². The lowest BCUT2D eigenvalue weighted by Gasteiger charge is -2.30. The number of methoxy groups -OCH3 is 1. The minimum Gasteiger partial charge on any atom is -0.496 e. The number of carbonyl (C=O) groups is 1. The zero-order valence-electron chi connectivity index (χ0n) is 17.8. The van der Waals surface area contributed by atoms with Crippen molar-refractivity contribution in [3.05, 3.63) is 98.8 Å². The first-order valence-corrected chi connectivity index (χ1v) is 10.3. The molecule has 5 rings (SSSR count). The van der Waals surface area contributed by atoms with Crippen molar-refractivity contribution in [1.29, 1.82) is 0 Å². The lowest BCUT2D eigenvalue weighted by atomic mass is 10.0. The summed E-state index contributed by atoms with van der Waals surface area (Å²) >= 11 is 0. The number of hydrogen-bond donors (Lipinski definition) is 0. The van der Waals surface area contributed by atoms with Gasteiger partial charge in [-0.3, -0.25) is 19.8 Å². The number of nitro benzene ring substituents is 1. The molecule has 0 radical (unpaired) electrons. The molecular formula is C25H20N2O6. The van der Waals surface area contributed by atoms with Gasteiger partial charge in [0, 0.05) is 30.8 Å². The van der Waals surface area contributed by atoms with Crippen LogP contribution in [0.5, 0.6) is 17.2 Å². The molecule has 0 amide bonds. The largest absolute Gasteiger partial charge is 0.496 e. The van der Waals surface area contributed by atoms with Crippen LogP contribution in [0.4, 0.5) is 5.69 Å². The Hall–Kier alpha value is -4.17. The summed E-state index contributed by atoms with van der Waals surface area (Å²) in [5.41, 5.74) is 2.95. The van der Waals surface area contributed by atoms with Crippen molar-refractivity contribution in [3.63, 3.8) is 0 Å². The summed E-state index contributed by atoms with van der Waals surface area (Å²) in [4.78, 5) is 25.4. The van der Waals surface area contributed by atoms with Crippen LogP contribution in [-0.4, -0.2) is 29.4 Å². The Balaban J connectivity index is 1.40. The van der Waals surface area contributed by atoms with Gasteiger partial charge < -0.3 is 14.2 Å². The molecule has 2 aliphatic rings. The van der Waals surface area contributed by atoms with Crippen molar-refractivity contribution in [2.75, 3.05) is 13.8 Å². The molecule has 8 nitrogen and oxygen atoms in total. The number of nitro groups is 1. The van der Waals surface area contributed by atoms with Crippen LogP contribution in [0, 0.1) is 10.1 Å². The molecule has 8 heteroatoms. The second-order valence-corrected chi connectivity index (χ2v) is 7.78. The average Bonchev–Trinajstić information content (AvgIpc) is 3.15. The van der Waals surface area contributed by atoms with E-state index >= 15 is 0 Å². The average molecular weight is 444 g/mol. The maximum absolute atomic E-state index is 12.9. The van der Waals surface area contributed by atoms with Gasteiger partial charge in [-0.25, -0.2) is 0 Å². The fourth-order valence-corrected chi connectivity index (χ4v) is 4.02. The summed E-state index contributed by atoms with van der Waals surface area (Å²) < 4.78 is 17.4. The van der Waals surface area contributed by atoms with Gasteiger partial charge in [0.25, 0.3) is 5.69 Å².